The summed E-state index contributed by atoms with van der Waals surface area (Å²) in [6.07, 6.45) is 5.35. The van der Waals surface area contributed by atoms with Gasteiger partial charge in [-0.25, -0.2) is 4.98 Å². The molecule has 0 bridgehead atoms. The number of hydrogen-bond acceptors (Lipinski definition) is 4. The summed E-state index contributed by atoms with van der Waals surface area (Å²) < 4.78 is 7.40. The smallest absolute Gasteiger partial charge is 0.239 e. The maximum Gasteiger partial charge on any atom is 0.239 e. The molecule has 0 saturated carbocycles. The molecular formula is C11H18N4O2. The van der Waals surface area contributed by atoms with Gasteiger partial charge in [-0.2, -0.15) is 0 Å². The normalized spacial score (nSPS) is 26.2. The average Bonchev–Trinajstić information content (AvgIpc) is 2.95. The van der Waals surface area contributed by atoms with Crippen LogP contribution >= 0.6 is 0 Å². The van der Waals surface area contributed by atoms with Crippen molar-refractivity contribution in [3.05, 3.63) is 18.7 Å². The summed E-state index contributed by atoms with van der Waals surface area (Å²) in [4.78, 5) is 17.6. The molecule has 1 amide bonds. The molecule has 0 aromatic carbocycles. The Hall–Kier alpha value is -1.40. The largest absolute Gasteiger partial charge is 0.377 e. The van der Waals surface area contributed by atoms with Crippen LogP contribution in [0, 0.1) is 0 Å². The highest BCUT2D eigenvalue weighted by molar-refractivity contribution is 5.81. The third kappa shape index (κ3) is 2.32. The predicted molar refractivity (Wildman–Crippen MR) is 62.3 cm³/mol. The molecule has 0 unspecified atom stereocenters. The number of ether oxygens (including phenoxy) is 1. The molecule has 94 valence electrons. The van der Waals surface area contributed by atoms with Crippen molar-refractivity contribution in [2.75, 3.05) is 20.2 Å². The van der Waals surface area contributed by atoms with Crippen LogP contribution in [0.2, 0.25) is 0 Å². The molecule has 2 N–H and O–H groups in total. The molecule has 17 heavy (non-hydrogen) atoms. The number of nitrogens with two attached hydrogens (primary N) is 1. The maximum atomic E-state index is 11.8. The lowest BCUT2D eigenvalue weighted by atomic mass is 10.2. The molecule has 1 aromatic rings. The van der Waals surface area contributed by atoms with Crippen LogP contribution in [-0.2, 0) is 9.53 Å². The van der Waals surface area contributed by atoms with E-state index in [1.165, 1.54) is 0 Å². The van der Waals surface area contributed by atoms with Gasteiger partial charge in [0.25, 0.3) is 0 Å². The number of imidazole rings is 1. The second kappa shape index (κ2) is 4.85. The van der Waals surface area contributed by atoms with Crippen LogP contribution in [0.5, 0.6) is 0 Å². The summed E-state index contributed by atoms with van der Waals surface area (Å²) in [5, 5.41) is 0. The van der Waals surface area contributed by atoms with E-state index in [1.54, 1.807) is 31.5 Å². The molecule has 1 aromatic heterocycles. The highest BCUT2D eigenvalue weighted by Crippen LogP contribution is 2.24. The van der Waals surface area contributed by atoms with Crippen molar-refractivity contribution in [2.24, 2.45) is 5.73 Å². The number of likely N-dealkylation sites (tertiary alicyclic amines) is 1. The molecule has 1 fully saturated rings. The lowest BCUT2D eigenvalue weighted by Crippen LogP contribution is -2.41. The average molecular weight is 238 g/mol. The van der Waals surface area contributed by atoms with Gasteiger partial charge in [-0.15, -0.1) is 0 Å². The van der Waals surface area contributed by atoms with Gasteiger partial charge in [0.2, 0.25) is 5.91 Å². The topological polar surface area (TPSA) is 73.4 Å². The Morgan fingerprint density at radius 2 is 2.35 bits per heavy atom. The van der Waals surface area contributed by atoms with E-state index in [2.05, 4.69) is 4.98 Å². The van der Waals surface area contributed by atoms with E-state index in [-0.39, 0.29) is 18.1 Å². The zero-order chi connectivity index (χ0) is 12.4. The maximum absolute atomic E-state index is 11.8. The Bertz CT molecular complexity index is 377. The summed E-state index contributed by atoms with van der Waals surface area (Å²) in [7, 11) is 1.66. The van der Waals surface area contributed by atoms with Crippen molar-refractivity contribution in [3.63, 3.8) is 0 Å². The zero-order valence-corrected chi connectivity index (χ0v) is 10.1. The van der Waals surface area contributed by atoms with Crippen molar-refractivity contribution in [2.45, 2.75) is 25.1 Å². The quantitative estimate of drug-likeness (QED) is 0.779. The first-order valence-corrected chi connectivity index (χ1v) is 5.68. The summed E-state index contributed by atoms with van der Waals surface area (Å²) in [6, 6.07) is -0.348. The van der Waals surface area contributed by atoms with Gasteiger partial charge < -0.3 is 19.9 Å². The lowest BCUT2D eigenvalue weighted by Gasteiger charge is -2.18. The minimum Gasteiger partial charge on any atom is -0.377 e. The Labute approximate surface area is 100 Å². The summed E-state index contributed by atoms with van der Waals surface area (Å²) >= 11 is 0. The van der Waals surface area contributed by atoms with Gasteiger partial charge in [-0.1, -0.05) is 0 Å². The van der Waals surface area contributed by atoms with Crippen molar-refractivity contribution >= 4 is 5.91 Å². The highest BCUT2D eigenvalue weighted by atomic mass is 16.5. The highest BCUT2D eigenvalue weighted by Gasteiger charge is 2.36. The molecule has 6 nitrogen and oxygen atoms in total. The van der Waals surface area contributed by atoms with Crippen molar-refractivity contribution in [3.8, 4) is 0 Å². The van der Waals surface area contributed by atoms with Gasteiger partial charge in [0.05, 0.1) is 24.5 Å². The number of aromatic nitrogens is 2. The Morgan fingerprint density at radius 3 is 2.88 bits per heavy atom. The molecule has 2 rings (SSSR count). The first-order chi connectivity index (χ1) is 8.13. The number of amides is 1. The van der Waals surface area contributed by atoms with Gasteiger partial charge in [-0.05, 0) is 6.92 Å². The molecule has 1 aliphatic rings. The molecule has 1 saturated heterocycles. The van der Waals surface area contributed by atoms with E-state index >= 15 is 0 Å². The van der Waals surface area contributed by atoms with Crippen LogP contribution in [-0.4, -0.2) is 52.7 Å². The SMILES string of the molecule is CO[C@@H]1CN(C(=O)[C@@H](C)N)C[C@H]1n1ccnc1. The molecule has 0 aliphatic carbocycles. The van der Waals surface area contributed by atoms with E-state index in [0.717, 1.165) is 0 Å². The van der Waals surface area contributed by atoms with Crippen molar-refractivity contribution in [1.29, 1.82) is 0 Å². The zero-order valence-electron chi connectivity index (χ0n) is 10.1. The van der Waals surface area contributed by atoms with Crippen molar-refractivity contribution in [1.82, 2.24) is 14.5 Å². The fourth-order valence-corrected chi connectivity index (χ4v) is 2.21. The molecule has 0 spiro atoms. The first kappa shape index (κ1) is 12.1. The number of methoxy groups -OCH3 is 1. The van der Waals surface area contributed by atoms with Crippen LogP contribution in [0.25, 0.3) is 0 Å². The monoisotopic (exact) mass is 238 g/mol. The molecular weight excluding hydrogens is 220 g/mol. The van der Waals surface area contributed by atoms with Gasteiger partial charge in [0.15, 0.2) is 0 Å². The van der Waals surface area contributed by atoms with Crippen LogP contribution < -0.4 is 5.73 Å². The predicted octanol–water partition coefficient (Wildman–Crippen LogP) is -0.371. The Balaban J connectivity index is 2.11. The second-order valence-electron chi connectivity index (χ2n) is 4.38. The minimum atomic E-state index is -0.464. The van der Waals surface area contributed by atoms with Crippen LogP contribution in [0.1, 0.15) is 13.0 Å². The van der Waals surface area contributed by atoms with Crippen LogP contribution in [0.3, 0.4) is 0 Å². The third-order valence-electron chi connectivity index (χ3n) is 3.15. The standard InChI is InChI=1S/C11H18N4O2/c1-8(12)11(16)15-5-9(10(6-15)17-2)14-4-3-13-7-14/h3-4,7-10H,5-6,12H2,1-2H3/t8-,9-,10-/m1/s1. The molecule has 2 heterocycles. The number of nitrogens with zero attached hydrogens (tertiary/aromatic N) is 3. The Morgan fingerprint density at radius 1 is 1.59 bits per heavy atom. The van der Waals surface area contributed by atoms with E-state index in [9.17, 15) is 4.79 Å². The van der Waals surface area contributed by atoms with Gasteiger partial charge in [-0.3, -0.25) is 4.79 Å². The number of rotatable bonds is 3. The van der Waals surface area contributed by atoms with E-state index < -0.39 is 6.04 Å². The molecule has 3 atom stereocenters. The first-order valence-electron chi connectivity index (χ1n) is 5.68. The molecule has 0 radical (unpaired) electrons. The van der Waals surface area contributed by atoms with Crippen LogP contribution in [0.15, 0.2) is 18.7 Å². The van der Waals surface area contributed by atoms with Gasteiger partial charge >= 0.3 is 0 Å². The number of carbonyl (C=O) groups is 1. The van der Waals surface area contributed by atoms with Gasteiger partial charge in [0.1, 0.15) is 0 Å². The number of carbonyl (C=O) groups excluding carboxylic acids is 1. The second-order valence-corrected chi connectivity index (χ2v) is 4.38. The van der Waals surface area contributed by atoms with E-state index in [1.807, 2.05) is 10.8 Å². The minimum absolute atomic E-state index is 0.00750. The third-order valence-corrected chi connectivity index (χ3v) is 3.15. The molecule has 1 aliphatic heterocycles. The summed E-state index contributed by atoms with van der Waals surface area (Å²) in [6.45, 7) is 2.91. The molecule has 6 heteroatoms. The van der Waals surface area contributed by atoms with E-state index in [0.29, 0.717) is 13.1 Å². The summed E-state index contributed by atoms with van der Waals surface area (Å²) in [5.74, 6) is -0.0327. The van der Waals surface area contributed by atoms with Gasteiger partial charge in [0, 0.05) is 32.6 Å². The summed E-state index contributed by atoms with van der Waals surface area (Å²) in [5.41, 5.74) is 5.62. The van der Waals surface area contributed by atoms with Crippen LogP contribution in [0.4, 0.5) is 0 Å². The lowest BCUT2D eigenvalue weighted by molar-refractivity contribution is -0.131. The fourth-order valence-electron chi connectivity index (χ4n) is 2.21. The Kier molecular flexibility index (Phi) is 3.44. The van der Waals surface area contributed by atoms with Crippen molar-refractivity contribution < 1.29 is 9.53 Å². The number of hydrogen-bond donors (Lipinski definition) is 1. The van der Waals surface area contributed by atoms with E-state index in [4.69, 9.17) is 10.5 Å². The fraction of sp³-hybridized carbons (Fsp3) is 0.636.